The topological polar surface area (TPSA) is 54.7 Å². The molecule has 1 atom stereocenters. The van der Waals surface area contributed by atoms with Crippen LogP contribution in [0.3, 0.4) is 0 Å². The third-order valence-electron chi connectivity index (χ3n) is 4.07. The van der Waals surface area contributed by atoms with E-state index in [1.54, 1.807) is 19.2 Å². The molecule has 5 nitrogen and oxygen atoms in total. The van der Waals surface area contributed by atoms with Gasteiger partial charge in [-0.3, -0.25) is 4.79 Å². The molecule has 23 heavy (non-hydrogen) atoms. The van der Waals surface area contributed by atoms with Gasteiger partial charge < -0.3 is 19.4 Å². The van der Waals surface area contributed by atoms with E-state index < -0.39 is 0 Å². The highest BCUT2D eigenvalue weighted by Gasteiger charge is 2.27. The quantitative estimate of drug-likeness (QED) is 0.932. The molecule has 0 radical (unpaired) electrons. The van der Waals surface area contributed by atoms with Crippen LogP contribution in [0.4, 0.5) is 5.69 Å². The lowest BCUT2D eigenvalue weighted by atomic mass is 10.2. The van der Waals surface area contributed by atoms with E-state index in [9.17, 15) is 4.79 Å². The van der Waals surface area contributed by atoms with Crippen molar-refractivity contribution in [3.05, 3.63) is 46.9 Å². The summed E-state index contributed by atoms with van der Waals surface area (Å²) in [7, 11) is 1.64. The van der Waals surface area contributed by atoms with Crippen LogP contribution in [0.2, 0.25) is 5.02 Å². The molecule has 1 aromatic carbocycles. The zero-order chi connectivity index (χ0) is 16.4. The molecule has 0 spiro atoms. The first-order chi connectivity index (χ1) is 11.1. The van der Waals surface area contributed by atoms with Crippen molar-refractivity contribution in [2.75, 3.05) is 25.1 Å². The zero-order valence-corrected chi connectivity index (χ0v) is 13.9. The highest BCUT2D eigenvalue weighted by molar-refractivity contribution is 6.30. The van der Waals surface area contributed by atoms with Crippen LogP contribution >= 0.6 is 11.6 Å². The minimum absolute atomic E-state index is 0.0655. The van der Waals surface area contributed by atoms with Crippen molar-refractivity contribution in [1.29, 1.82) is 0 Å². The third-order valence-corrected chi connectivity index (χ3v) is 4.31. The molecule has 0 bridgehead atoms. The van der Waals surface area contributed by atoms with Gasteiger partial charge in [-0.1, -0.05) is 11.6 Å². The monoisotopic (exact) mass is 334 g/mol. The Balaban J connectivity index is 1.68. The van der Waals surface area contributed by atoms with Crippen molar-refractivity contribution in [2.24, 2.45) is 0 Å². The van der Waals surface area contributed by atoms with Crippen molar-refractivity contribution in [2.45, 2.75) is 19.4 Å². The number of aryl methyl sites for hydroxylation is 1. The Bertz CT molecular complexity index is 714. The van der Waals surface area contributed by atoms with Crippen LogP contribution in [0, 0.1) is 6.92 Å². The Kier molecular flexibility index (Phi) is 4.48. The van der Waals surface area contributed by atoms with Gasteiger partial charge in [0.1, 0.15) is 5.75 Å². The first-order valence-electron chi connectivity index (χ1n) is 7.52. The number of carbonyl (C=O) groups is 1. The van der Waals surface area contributed by atoms with Gasteiger partial charge in [-0.25, -0.2) is 0 Å². The number of furan rings is 1. The highest BCUT2D eigenvalue weighted by atomic mass is 35.5. The molecule has 2 aromatic rings. The molecule has 0 aliphatic carbocycles. The number of nitrogens with one attached hydrogen (secondary N) is 1. The maximum absolute atomic E-state index is 12.2. The van der Waals surface area contributed by atoms with E-state index in [1.807, 2.05) is 19.1 Å². The fourth-order valence-electron chi connectivity index (χ4n) is 2.86. The minimum Gasteiger partial charge on any atom is -0.495 e. The van der Waals surface area contributed by atoms with Gasteiger partial charge in [0.25, 0.3) is 5.91 Å². The number of nitrogens with zero attached hydrogens (tertiary/aromatic N) is 1. The average Bonchev–Trinajstić information content (AvgIpc) is 3.16. The molecule has 0 saturated carbocycles. The summed E-state index contributed by atoms with van der Waals surface area (Å²) in [5, 5.41) is 3.69. The lowest BCUT2D eigenvalue weighted by molar-refractivity contribution is 0.0911. The van der Waals surface area contributed by atoms with Gasteiger partial charge >= 0.3 is 0 Å². The number of hydrogen-bond donors (Lipinski definition) is 1. The fourth-order valence-corrected chi connectivity index (χ4v) is 3.03. The molecule has 1 N–H and O–H groups in total. The maximum Gasteiger partial charge on any atom is 0.287 e. The van der Waals surface area contributed by atoms with Crippen LogP contribution in [-0.4, -0.2) is 32.1 Å². The number of amides is 1. The van der Waals surface area contributed by atoms with E-state index in [0.29, 0.717) is 17.3 Å². The van der Waals surface area contributed by atoms with Crippen molar-refractivity contribution in [1.82, 2.24) is 5.32 Å². The predicted octanol–water partition coefficient (Wildman–Crippen LogP) is 3.26. The van der Waals surface area contributed by atoms with E-state index in [4.69, 9.17) is 20.8 Å². The summed E-state index contributed by atoms with van der Waals surface area (Å²) in [6, 6.07) is 7.40. The van der Waals surface area contributed by atoms with E-state index >= 15 is 0 Å². The van der Waals surface area contributed by atoms with Gasteiger partial charge in [0.2, 0.25) is 0 Å². The second kappa shape index (κ2) is 6.54. The normalized spacial score (nSPS) is 17.3. The number of rotatable bonds is 4. The third kappa shape index (κ3) is 3.29. The highest BCUT2D eigenvalue weighted by Crippen LogP contribution is 2.33. The standard InChI is InChI=1S/C17H19ClN2O3/c1-11-6-8-23-16(11)17(21)19-13-5-7-20(10-13)14-9-12(18)3-4-15(14)22-2/h3-4,6,8-9,13H,5,7,10H2,1-2H3,(H,19,21)/t13-/m1/s1. The molecule has 1 aliphatic heterocycles. The molecule has 1 saturated heterocycles. The molecule has 122 valence electrons. The van der Waals surface area contributed by atoms with Crippen LogP contribution in [0.15, 0.2) is 34.9 Å². The Hall–Kier alpha value is -2.14. The Morgan fingerprint density at radius 3 is 2.96 bits per heavy atom. The van der Waals surface area contributed by atoms with Crippen LogP contribution in [0.25, 0.3) is 0 Å². The van der Waals surface area contributed by atoms with Crippen LogP contribution in [0.1, 0.15) is 22.5 Å². The second-order valence-corrected chi connectivity index (χ2v) is 6.09. The zero-order valence-electron chi connectivity index (χ0n) is 13.1. The first-order valence-corrected chi connectivity index (χ1v) is 7.89. The summed E-state index contributed by atoms with van der Waals surface area (Å²) < 4.78 is 10.6. The number of benzene rings is 1. The molecule has 1 fully saturated rings. The minimum atomic E-state index is -0.169. The van der Waals surface area contributed by atoms with Crippen molar-refractivity contribution >= 4 is 23.2 Å². The van der Waals surface area contributed by atoms with Crippen LogP contribution in [-0.2, 0) is 0 Å². The van der Waals surface area contributed by atoms with Gasteiger partial charge in [0.15, 0.2) is 5.76 Å². The largest absolute Gasteiger partial charge is 0.495 e. The SMILES string of the molecule is COc1ccc(Cl)cc1N1CC[C@@H](NC(=O)c2occc2C)C1. The van der Waals surface area contributed by atoms with Gasteiger partial charge in [-0.05, 0) is 37.6 Å². The molecule has 3 rings (SSSR count). The smallest absolute Gasteiger partial charge is 0.287 e. The molecule has 6 heteroatoms. The molecule has 2 heterocycles. The lowest BCUT2D eigenvalue weighted by Crippen LogP contribution is -2.37. The first kappa shape index (κ1) is 15.7. The summed E-state index contributed by atoms with van der Waals surface area (Å²) in [5.41, 5.74) is 1.79. The number of carbonyl (C=O) groups excluding carboxylic acids is 1. The number of hydrogen-bond acceptors (Lipinski definition) is 4. The maximum atomic E-state index is 12.2. The van der Waals surface area contributed by atoms with Crippen molar-refractivity contribution < 1.29 is 13.9 Å². The predicted molar refractivity (Wildman–Crippen MR) is 89.5 cm³/mol. The Labute approximate surface area is 140 Å². The number of anilines is 1. The van der Waals surface area contributed by atoms with Gasteiger partial charge in [-0.15, -0.1) is 0 Å². The Morgan fingerprint density at radius 1 is 1.43 bits per heavy atom. The van der Waals surface area contributed by atoms with Gasteiger partial charge in [0, 0.05) is 29.7 Å². The number of halogens is 1. The summed E-state index contributed by atoms with van der Waals surface area (Å²) in [4.78, 5) is 14.4. The number of ether oxygens (including phenoxy) is 1. The van der Waals surface area contributed by atoms with Gasteiger partial charge in [-0.2, -0.15) is 0 Å². The number of methoxy groups -OCH3 is 1. The average molecular weight is 335 g/mol. The van der Waals surface area contributed by atoms with Crippen molar-refractivity contribution in [3.8, 4) is 5.75 Å². The van der Waals surface area contributed by atoms with Gasteiger partial charge in [0.05, 0.1) is 19.1 Å². The summed E-state index contributed by atoms with van der Waals surface area (Å²) >= 11 is 6.09. The van der Waals surface area contributed by atoms with E-state index in [0.717, 1.165) is 30.0 Å². The molecular formula is C17H19ClN2O3. The van der Waals surface area contributed by atoms with Crippen LogP contribution < -0.4 is 15.0 Å². The van der Waals surface area contributed by atoms with Crippen LogP contribution in [0.5, 0.6) is 5.75 Å². The summed E-state index contributed by atoms with van der Waals surface area (Å²) in [6.45, 7) is 3.40. The Morgan fingerprint density at radius 2 is 2.26 bits per heavy atom. The lowest BCUT2D eigenvalue weighted by Gasteiger charge is -2.21. The molecule has 1 aliphatic rings. The molecular weight excluding hydrogens is 316 g/mol. The molecule has 0 unspecified atom stereocenters. The summed E-state index contributed by atoms with van der Waals surface area (Å²) in [6.07, 6.45) is 2.39. The van der Waals surface area contributed by atoms with E-state index in [2.05, 4.69) is 10.2 Å². The fraction of sp³-hybridized carbons (Fsp3) is 0.353. The second-order valence-electron chi connectivity index (χ2n) is 5.65. The van der Waals surface area contributed by atoms with Crippen molar-refractivity contribution in [3.63, 3.8) is 0 Å². The molecule has 1 amide bonds. The summed E-state index contributed by atoms with van der Waals surface area (Å²) in [5.74, 6) is 0.990. The van der Waals surface area contributed by atoms with E-state index in [-0.39, 0.29) is 11.9 Å². The molecule has 1 aromatic heterocycles. The van der Waals surface area contributed by atoms with E-state index in [1.165, 1.54) is 6.26 Å².